The summed E-state index contributed by atoms with van der Waals surface area (Å²) < 4.78 is 6.37. The molecule has 2 atom stereocenters. The summed E-state index contributed by atoms with van der Waals surface area (Å²) in [4.78, 5) is 39.2. The largest absolute Gasteiger partial charge is 0.459 e. The zero-order valence-corrected chi connectivity index (χ0v) is 25.5. The number of pyridine rings is 1. The highest BCUT2D eigenvalue weighted by molar-refractivity contribution is 6.36. The fraction of sp³-hybridized carbons (Fsp3) is 0.469. The molecule has 43 heavy (non-hydrogen) atoms. The molecule has 0 N–H and O–H groups in total. The Hall–Kier alpha value is -3.94. The van der Waals surface area contributed by atoms with E-state index in [1.54, 1.807) is 4.90 Å². The van der Waals surface area contributed by atoms with Crippen LogP contribution in [0.1, 0.15) is 31.0 Å². The molecule has 2 fully saturated rings. The van der Waals surface area contributed by atoms with Gasteiger partial charge in [-0.05, 0) is 45.4 Å². The molecule has 224 valence electrons. The molecular formula is C32H37ClN8O2. The number of carbonyl (C=O) groups excluding carboxylic acids is 1. The first-order chi connectivity index (χ1) is 20.9. The van der Waals surface area contributed by atoms with E-state index in [1.165, 1.54) is 18.9 Å². The lowest BCUT2D eigenvalue weighted by Crippen LogP contribution is -2.56. The summed E-state index contributed by atoms with van der Waals surface area (Å²) in [5.74, 6) is 0.686. The normalized spacial score (nSPS) is 19.2. The van der Waals surface area contributed by atoms with Gasteiger partial charge in [0, 0.05) is 61.3 Å². The van der Waals surface area contributed by atoms with Gasteiger partial charge in [0.25, 0.3) is 0 Å². The van der Waals surface area contributed by atoms with Gasteiger partial charge in [-0.15, -0.1) is 0 Å². The van der Waals surface area contributed by atoms with Gasteiger partial charge in [-0.1, -0.05) is 30.3 Å². The number of nitrogens with zero attached hydrogens (tertiary/aromatic N) is 8. The second kappa shape index (κ2) is 12.3. The van der Waals surface area contributed by atoms with E-state index in [2.05, 4.69) is 45.1 Å². The highest BCUT2D eigenvalue weighted by atomic mass is 35.5. The van der Waals surface area contributed by atoms with Crippen molar-refractivity contribution in [2.45, 2.75) is 50.9 Å². The number of likely N-dealkylation sites (N-methyl/N-ethyl adjacent to an activating group) is 1. The summed E-state index contributed by atoms with van der Waals surface area (Å²) in [5.41, 5.74) is 2.96. The van der Waals surface area contributed by atoms with Crippen LogP contribution >= 0.6 is 11.6 Å². The number of ether oxygens (including phenoxy) is 1. The summed E-state index contributed by atoms with van der Waals surface area (Å²) in [5, 5.41) is 2.67. The third kappa shape index (κ3) is 6.10. The lowest BCUT2D eigenvalue weighted by molar-refractivity contribution is -0.128. The molecule has 4 heterocycles. The molecule has 0 radical (unpaired) electrons. The van der Waals surface area contributed by atoms with Crippen LogP contribution in [0.5, 0.6) is 6.01 Å². The number of hydrogen-bond donors (Lipinski definition) is 0. The van der Waals surface area contributed by atoms with E-state index in [4.69, 9.17) is 32.9 Å². The van der Waals surface area contributed by atoms with Crippen LogP contribution in [0.15, 0.2) is 43.2 Å². The Morgan fingerprint density at radius 3 is 2.86 bits per heavy atom. The minimum atomic E-state index is -0.248. The van der Waals surface area contributed by atoms with Crippen LogP contribution in [0.2, 0.25) is 5.02 Å². The second-order valence-corrected chi connectivity index (χ2v) is 12.1. The molecule has 2 aromatic heterocycles. The number of hydrogen-bond acceptors (Lipinski definition) is 8. The van der Waals surface area contributed by atoms with Gasteiger partial charge in [0.1, 0.15) is 18.0 Å². The minimum absolute atomic E-state index is 0.0887. The lowest BCUT2D eigenvalue weighted by Gasteiger charge is -2.41. The molecule has 1 saturated carbocycles. The lowest BCUT2D eigenvalue weighted by atomic mass is 10.0. The van der Waals surface area contributed by atoms with E-state index in [0.717, 1.165) is 53.0 Å². The molecule has 1 amide bonds. The number of halogens is 1. The first-order valence-corrected chi connectivity index (χ1v) is 15.3. The van der Waals surface area contributed by atoms with Gasteiger partial charge < -0.3 is 24.3 Å². The molecular weight excluding hydrogens is 564 g/mol. The third-order valence-electron chi connectivity index (χ3n) is 8.64. The van der Waals surface area contributed by atoms with Gasteiger partial charge in [0.05, 0.1) is 29.1 Å². The molecule has 1 aliphatic carbocycles. The molecule has 6 rings (SSSR count). The van der Waals surface area contributed by atoms with E-state index < -0.39 is 0 Å². The molecule has 1 saturated heterocycles. The molecule has 11 heteroatoms. The summed E-state index contributed by atoms with van der Waals surface area (Å²) in [6.07, 6.45) is 8.15. The first kappa shape index (κ1) is 29.1. The van der Waals surface area contributed by atoms with Crippen molar-refractivity contribution in [1.29, 1.82) is 0 Å². The number of fused-ring (bicyclic) bond motifs is 2. The van der Waals surface area contributed by atoms with Gasteiger partial charge in [-0.2, -0.15) is 9.97 Å². The summed E-state index contributed by atoms with van der Waals surface area (Å²) >= 11 is 6.68. The zero-order valence-electron chi connectivity index (χ0n) is 24.7. The molecule has 3 aromatic rings. The Morgan fingerprint density at radius 1 is 1.26 bits per heavy atom. The van der Waals surface area contributed by atoms with Crippen LogP contribution in [0.25, 0.3) is 15.6 Å². The van der Waals surface area contributed by atoms with Crippen LogP contribution in [0, 0.1) is 6.57 Å². The Labute approximate surface area is 257 Å². The van der Waals surface area contributed by atoms with Gasteiger partial charge in [-0.3, -0.25) is 14.7 Å². The quantitative estimate of drug-likeness (QED) is 0.267. The van der Waals surface area contributed by atoms with Crippen molar-refractivity contribution in [2.75, 3.05) is 56.1 Å². The molecule has 0 unspecified atom stereocenters. The number of piperazine rings is 1. The molecule has 3 aliphatic rings. The van der Waals surface area contributed by atoms with Crippen LogP contribution in [-0.2, 0) is 17.8 Å². The number of amides is 1. The molecule has 0 spiro atoms. The van der Waals surface area contributed by atoms with Crippen molar-refractivity contribution in [3.63, 3.8) is 0 Å². The SMILES string of the molecule is [C-]#[N+]C[C@H]1CN(c2nc(O[C@@H](C)CN(C)C3CC3)nc3c2CCN(c2cncc4cccc(Cl)c24)C3)CCN1C(=O)C=C. The number of carbonyl (C=O) groups is 1. The van der Waals surface area contributed by atoms with E-state index >= 15 is 0 Å². The maximum absolute atomic E-state index is 12.5. The van der Waals surface area contributed by atoms with E-state index in [-0.39, 0.29) is 24.6 Å². The zero-order chi connectivity index (χ0) is 30.1. The Bertz CT molecular complexity index is 1570. The van der Waals surface area contributed by atoms with Crippen LogP contribution in [0.3, 0.4) is 0 Å². The highest BCUT2D eigenvalue weighted by Crippen LogP contribution is 2.37. The van der Waals surface area contributed by atoms with E-state index in [9.17, 15) is 4.79 Å². The average Bonchev–Trinajstić information content (AvgIpc) is 3.86. The van der Waals surface area contributed by atoms with Crippen molar-refractivity contribution in [3.8, 4) is 6.01 Å². The Balaban J connectivity index is 1.33. The fourth-order valence-electron chi connectivity index (χ4n) is 6.32. The predicted octanol–water partition coefficient (Wildman–Crippen LogP) is 4.22. The van der Waals surface area contributed by atoms with Crippen LogP contribution < -0.4 is 14.5 Å². The smallest absolute Gasteiger partial charge is 0.318 e. The van der Waals surface area contributed by atoms with Crippen molar-refractivity contribution < 1.29 is 9.53 Å². The van der Waals surface area contributed by atoms with Gasteiger partial charge in [0.15, 0.2) is 0 Å². The Morgan fingerprint density at radius 2 is 2.09 bits per heavy atom. The van der Waals surface area contributed by atoms with Crippen molar-refractivity contribution in [2.24, 2.45) is 0 Å². The topological polar surface area (TPSA) is 82.3 Å². The molecule has 2 aliphatic heterocycles. The van der Waals surface area contributed by atoms with Crippen molar-refractivity contribution in [1.82, 2.24) is 24.8 Å². The predicted molar refractivity (Wildman–Crippen MR) is 169 cm³/mol. The molecule has 0 bridgehead atoms. The number of benzene rings is 1. The Kier molecular flexibility index (Phi) is 8.37. The van der Waals surface area contributed by atoms with E-state index in [1.807, 2.05) is 30.6 Å². The number of aromatic nitrogens is 3. The number of anilines is 2. The number of rotatable bonds is 9. The fourth-order valence-corrected chi connectivity index (χ4v) is 6.60. The standard InChI is InChI=1S/C32H37ClN8O2/c1-5-29(42)41-14-13-40(19-24(41)16-34-3)31-25-11-12-39(28-17-35-15-22-7-6-8-26(33)30(22)28)20-27(25)36-32(37-31)43-21(2)18-38(4)23-9-10-23/h5-8,15,17,21,23-24H,1,9-14,16,18-20H2,2,4H3/t21-,24-/m0/s1. The van der Waals surface area contributed by atoms with Gasteiger partial charge >= 0.3 is 6.01 Å². The van der Waals surface area contributed by atoms with Gasteiger partial charge in [-0.25, -0.2) is 6.57 Å². The monoisotopic (exact) mass is 600 g/mol. The van der Waals surface area contributed by atoms with Crippen LogP contribution in [0.4, 0.5) is 11.5 Å². The first-order valence-electron chi connectivity index (χ1n) is 14.9. The summed E-state index contributed by atoms with van der Waals surface area (Å²) in [6, 6.07) is 6.62. The summed E-state index contributed by atoms with van der Waals surface area (Å²) in [7, 11) is 2.14. The molecule has 10 nitrogen and oxygen atoms in total. The van der Waals surface area contributed by atoms with Gasteiger partial charge in [0.2, 0.25) is 12.5 Å². The summed E-state index contributed by atoms with van der Waals surface area (Å²) in [6.45, 7) is 17.1. The van der Waals surface area contributed by atoms with Crippen molar-refractivity contribution in [3.05, 3.63) is 70.9 Å². The van der Waals surface area contributed by atoms with Crippen molar-refractivity contribution >= 4 is 39.8 Å². The maximum atomic E-state index is 12.5. The third-order valence-corrected chi connectivity index (χ3v) is 8.95. The highest BCUT2D eigenvalue weighted by Gasteiger charge is 2.35. The molecule has 1 aromatic carbocycles. The minimum Gasteiger partial charge on any atom is -0.459 e. The second-order valence-electron chi connectivity index (χ2n) is 11.7. The maximum Gasteiger partial charge on any atom is 0.318 e. The average molecular weight is 601 g/mol. The van der Waals surface area contributed by atoms with Crippen LogP contribution in [-0.4, -0.2) is 95.2 Å². The van der Waals surface area contributed by atoms with E-state index in [0.29, 0.717) is 43.3 Å².